The molecule has 0 radical (unpaired) electrons. The van der Waals surface area contributed by atoms with E-state index in [2.05, 4.69) is 10.3 Å². The lowest BCUT2D eigenvalue weighted by Gasteiger charge is -2.23. The molecule has 1 aliphatic heterocycles. The first-order chi connectivity index (χ1) is 12.9. The van der Waals surface area contributed by atoms with Crippen molar-refractivity contribution in [1.82, 2.24) is 9.88 Å². The zero-order chi connectivity index (χ0) is 19.4. The van der Waals surface area contributed by atoms with Crippen LogP contribution >= 0.6 is 0 Å². The highest BCUT2D eigenvalue weighted by atomic mass is 32.2. The fourth-order valence-corrected chi connectivity index (χ4v) is 4.88. The van der Waals surface area contributed by atoms with Crippen LogP contribution in [0.3, 0.4) is 0 Å². The molecule has 2 aromatic rings. The number of carbonyl (C=O) groups excluding carboxylic acids is 1. The van der Waals surface area contributed by atoms with Gasteiger partial charge in [0.05, 0.1) is 17.1 Å². The van der Waals surface area contributed by atoms with E-state index in [1.807, 2.05) is 0 Å². The molecule has 0 aliphatic carbocycles. The van der Waals surface area contributed by atoms with Crippen molar-refractivity contribution >= 4 is 21.6 Å². The molecule has 6 nitrogen and oxygen atoms in total. The van der Waals surface area contributed by atoms with Crippen molar-refractivity contribution in [1.29, 1.82) is 0 Å². The van der Waals surface area contributed by atoms with Gasteiger partial charge in [-0.3, -0.25) is 4.79 Å². The average Bonchev–Trinajstić information content (AvgIpc) is 3.02. The minimum absolute atomic E-state index is 0.0123. The highest BCUT2D eigenvalue weighted by molar-refractivity contribution is 7.91. The van der Waals surface area contributed by atoms with E-state index in [0.717, 1.165) is 0 Å². The van der Waals surface area contributed by atoms with Gasteiger partial charge in [-0.25, -0.2) is 17.8 Å². The quantitative estimate of drug-likeness (QED) is 0.816. The third-order valence-electron chi connectivity index (χ3n) is 4.75. The topological polar surface area (TPSA) is 79.4 Å². The van der Waals surface area contributed by atoms with E-state index in [1.165, 1.54) is 17.2 Å². The van der Waals surface area contributed by atoms with Gasteiger partial charge in [0.15, 0.2) is 9.84 Å². The summed E-state index contributed by atoms with van der Waals surface area (Å²) in [6.07, 6.45) is 2.45. The second kappa shape index (κ2) is 8.04. The van der Waals surface area contributed by atoms with Crippen LogP contribution in [-0.4, -0.2) is 55.3 Å². The number of nitrogens with one attached hydrogen (secondary N) is 1. The first-order valence-electron chi connectivity index (χ1n) is 8.76. The van der Waals surface area contributed by atoms with Crippen molar-refractivity contribution in [2.75, 3.05) is 30.4 Å². The van der Waals surface area contributed by atoms with E-state index < -0.39 is 9.84 Å². The summed E-state index contributed by atoms with van der Waals surface area (Å²) in [5.41, 5.74) is 1.03. The summed E-state index contributed by atoms with van der Waals surface area (Å²) < 4.78 is 36.8. The van der Waals surface area contributed by atoms with Crippen molar-refractivity contribution in [3.8, 4) is 0 Å². The molecule has 3 rings (SSSR count). The van der Waals surface area contributed by atoms with Crippen LogP contribution in [0.1, 0.15) is 22.3 Å². The Hall–Kier alpha value is -2.48. The Bertz CT molecular complexity index is 916. The van der Waals surface area contributed by atoms with Gasteiger partial charge in [0.2, 0.25) is 0 Å². The largest absolute Gasteiger partial charge is 0.370 e. The number of anilines is 1. The number of nitrogens with zero attached hydrogens (tertiary/aromatic N) is 2. The Labute approximate surface area is 158 Å². The van der Waals surface area contributed by atoms with Crippen molar-refractivity contribution < 1.29 is 17.6 Å². The monoisotopic (exact) mass is 391 g/mol. The molecule has 1 unspecified atom stereocenters. The first kappa shape index (κ1) is 19.3. The summed E-state index contributed by atoms with van der Waals surface area (Å²) in [6.45, 7) is 0.515. The van der Waals surface area contributed by atoms with Gasteiger partial charge in [-0.15, -0.1) is 0 Å². The lowest BCUT2D eigenvalue weighted by molar-refractivity contribution is 0.0747. The number of amides is 1. The van der Waals surface area contributed by atoms with E-state index in [4.69, 9.17) is 0 Å². The van der Waals surface area contributed by atoms with Gasteiger partial charge in [-0.1, -0.05) is 18.2 Å². The molecular formula is C19H22FN3O3S. The molecule has 1 fully saturated rings. The van der Waals surface area contributed by atoms with Crippen molar-refractivity contribution in [3.63, 3.8) is 0 Å². The molecule has 1 amide bonds. The van der Waals surface area contributed by atoms with Gasteiger partial charge in [-0.05, 0) is 36.6 Å². The number of aromatic nitrogens is 1. The third kappa shape index (κ3) is 4.82. The van der Waals surface area contributed by atoms with Crippen LogP contribution < -0.4 is 5.32 Å². The molecule has 1 N–H and O–H groups in total. The van der Waals surface area contributed by atoms with Gasteiger partial charge in [0, 0.05) is 25.8 Å². The van der Waals surface area contributed by atoms with Crippen LogP contribution in [-0.2, 0) is 16.3 Å². The lowest BCUT2D eigenvalue weighted by atomic mass is 10.1. The smallest absolute Gasteiger partial charge is 0.255 e. The number of halogens is 1. The van der Waals surface area contributed by atoms with E-state index >= 15 is 0 Å². The van der Waals surface area contributed by atoms with Crippen LogP contribution in [0.5, 0.6) is 0 Å². The van der Waals surface area contributed by atoms with Gasteiger partial charge in [-0.2, -0.15) is 0 Å². The number of hydrogen-bond donors (Lipinski definition) is 1. The molecule has 1 aromatic carbocycles. The van der Waals surface area contributed by atoms with Gasteiger partial charge in [0.1, 0.15) is 11.6 Å². The van der Waals surface area contributed by atoms with Crippen LogP contribution in [0, 0.1) is 5.82 Å². The summed E-state index contributed by atoms with van der Waals surface area (Å²) in [6, 6.07) is 9.67. The molecule has 0 spiro atoms. The number of pyridine rings is 1. The summed E-state index contributed by atoms with van der Waals surface area (Å²) >= 11 is 0. The highest BCUT2D eigenvalue weighted by Gasteiger charge is 2.33. The maximum Gasteiger partial charge on any atom is 0.255 e. The second-order valence-corrected chi connectivity index (χ2v) is 8.90. The molecule has 1 aliphatic rings. The maximum absolute atomic E-state index is 13.6. The number of benzene rings is 1. The van der Waals surface area contributed by atoms with E-state index in [0.29, 0.717) is 36.3 Å². The maximum atomic E-state index is 13.6. The minimum Gasteiger partial charge on any atom is -0.370 e. The standard InChI is InChI=1S/C19H22FN3O3S/c1-23(16-9-11-27(25,26)13-16)19(24)15-6-7-18(22-12-15)21-10-8-14-4-2-3-5-17(14)20/h2-7,12,16H,8-11,13H2,1H3,(H,21,22). The number of sulfone groups is 1. The zero-order valence-corrected chi connectivity index (χ0v) is 15.9. The minimum atomic E-state index is -3.05. The van der Waals surface area contributed by atoms with Crippen molar-refractivity contribution in [2.24, 2.45) is 0 Å². The molecule has 1 aromatic heterocycles. The molecular weight excluding hydrogens is 369 g/mol. The summed E-state index contributed by atoms with van der Waals surface area (Å²) in [5.74, 6) is 0.248. The molecule has 1 atom stereocenters. The fourth-order valence-electron chi connectivity index (χ4n) is 3.10. The fraction of sp³-hybridized carbons (Fsp3) is 0.368. The predicted molar refractivity (Wildman–Crippen MR) is 102 cm³/mol. The van der Waals surface area contributed by atoms with Crippen molar-refractivity contribution in [3.05, 3.63) is 59.5 Å². The lowest BCUT2D eigenvalue weighted by Crippen LogP contribution is -2.37. The van der Waals surface area contributed by atoms with Crippen LogP contribution in [0.15, 0.2) is 42.6 Å². The first-order valence-corrected chi connectivity index (χ1v) is 10.6. The van der Waals surface area contributed by atoms with Gasteiger partial charge >= 0.3 is 0 Å². The number of hydrogen-bond acceptors (Lipinski definition) is 5. The van der Waals surface area contributed by atoms with Gasteiger partial charge in [0.25, 0.3) is 5.91 Å². The average molecular weight is 391 g/mol. The van der Waals surface area contributed by atoms with Crippen molar-refractivity contribution in [2.45, 2.75) is 18.9 Å². The Morgan fingerprint density at radius 2 is 2.07 bits per heavy atom. The third-order valence-corrected chi connectivity index (χ3v) is 6.50. The molecule has 2 heterocycles. The van der Waals surface area contributed by atoms with Crippen LogP contribution in [0.4, 0.5) is 10.2 Å². The van der Waals surface area contributed by atoms with E-state index in [1.54, 1.807) is 37.4 Å². The van der Waals surface area contributed by atoms with Crippen LogP contribution in [0.2, 0.25) is 0 Å². The van der Waals surface area contributed by atoms with E-state index in [9.17, 15) is 17.6 Å². The predicted octanol–water partition coefficient (Wildman–Crippen LogP) is 2.13. The SMILES string of the molecule is CN(C(=O)c1ccc(NCCc2ccccc2F)nc1)C1CCS(=O)(=O)C1. The summed E-state index contributed by atoms with van der Waals surface area (Å²) in [7, 11) is -1.43. The van der Waals surface area contributed by atoms with Crippen LogP contribution in [0.25, 0.3) is 0 Å². The number of rotatable bonds is 6. The Balaban J connectivity index is 1.55. The molecule has 144 valence electrons. The molecule has 27 heavy (non-hydrogen) atoms. The van der Waals surface area contributed by atoms with E-state index in [-0.39, 0.29) is 29.3 Å². The second-order valence-electron chi connectivity index (χ2n) is 6.67. The normalized spacial score (nSPS) is 18.2. The number of carbonyl (C=O) groups is 1. The molecule has 0 saturated carbocycles. The Morgan fingerprint density at radius 1 is 1.30 bits per heavy atom. The summed E-state index contributed by atoms with van der Waals surface area (Å²) in [4.78, 5) is 18.2. The summed E-state index contributed by atoms with van der Waals surface area (Å²) in [5, 5.41) is 3.10. The zero-order valence-electron chi connectivity index (χ0n) is 15.1. The molecule has 0 bridgehead atoms. The Morgan fingerprint density at radius 3 is 2.70 bits per heavy atom. The Kier molecular flexibility index (Phi) is 5.74. The molecule has 8 heteroatoms. The highest BCUT2D eigenvalue weighted by Crippen LogP contribution is 2.19. The molecule has 1 saturated heterocycles. The van der Waals surface area contributed by atoms with Gasteiger partial charge < -0.3 is 10.2 Å².